The van der Waals surface area contributed by atoms with E-state index in [9.17, 15) is 0 Å². The summed E-state index contributed by atoms with van der Waals surface area (Å²) in [5.41, 5.74) is 2.01. The molecule has 1 saturated carbocycles. The second-order valence-electron chi connectivity index (χ2n) is 16.0. The monoisotopic (exact) mass is 519 g/mol. The van der Waals surface area contributed by atoms with Crippen LogP contribution in [0.4, 0.5) is 0 Å². The van der Waals surface area contributed by atoms with E-state index >= 15 is 0 Å². The molecule has 5 atom stereocenters. The lowest BCUT2D eigenvalue weighted by Crippen LogP contribution is -2.58. The first-order valence-corrected chi connectivity index (χ1v) is 17.3. The zero-order valence-corrected chi connectivity index (χ0v) is 27.4. The van der Waals surface area contributed by atoms with Gasteiger partial charge in [-0.2, -0.15) is 0 Å². The molecule has 0 spiro atoms. The van der Waals surface area contributed by atoms with E-state index in [1.807, 2.05) is 0 Å². The van der Waals surface area contributed by atoms with E-state index < -0.39 is 0 Å². The van der Waals surface area contributed by atoms with Crippen molar-refractivity contribution in [2.45, 2.75) is 195 Å². The van der Waals surface area contributed by atoms with Gasteiger partial charge in [-0.15, -0.1) is 0 Å². The first kappa shape index (κ1) is 33.2. The van der Waals surface area contributed by atoms with Gasteiger partial charge >= 0.3 is 0 Å². The van der Waals surface area contributed by atoms with Crippen LogP contribution in [0.15, 0.2) is 0 Å². The lowest BCUT2D eigenvalue weighted by molar-refractivity contribution is -0.948. The molecular weight excluding hydrogens is 446 g/mol. The molecule has 1 heteroatoms. The van der Waals surface area contributed by atoms with Crippen LogP contribution in [0.1, 0.15) is 190 Å². The van der Waals surface area contributed by atoms with Gasteiger partial charge in [0.25, 0.3) is 0 Å². The second kappa shape index (κ2) is 15.1. The van der Waals surface area contributed by atoms with Crippen LogP contribution in [-0.4, -0.2) is 30.2 Å². The van der Waals surface area contributed by atoms with Crippen LogP contribution in [0.3, 0.4) is 0 Å². The lowest BCUT2D eigenvalue weighted by Gasteiger charge is -2.51. The molecule has 1 heterocycles. The highest BCUT2D eigenvalue weighted by Crippen LogP contribution is 2.61. The molecule has 2 bridgehead atoms. The minimum atomic E-state index is 0.458. The molecule has 0 aromatic heterocycles. The molecular formula is C36H72N+. The van der Waals surface area contributed by atoms with Gasteiger partial charge in [0.1, 0.15) is 0 Å². The smallest absolute Gasteiger partial charge is 0.0974 e. The molecule has 2 fully saturated rings. The van der Waals surface area contributed by atoms with E-state index in [1.165, 1.54) is 159 Å². The Kier molecular flexibility index (Phi) is 13.5. The average Bonchev–Trinajstić information content (AvgIpc) is 2.99. The van der Waals surface area contributed by atoms with Gasteiger partial charge in [0.05, 0.1) is 25.7 Å². The minimum Gasteiger partial charge on any atom is -0.321 e. The van der Waals surface area contributed by atoms with Crippen LogP contribution in [0.25, 0.3) is 0 Å². The Morgan fingerprint density at radius 3 is 1.43 bits per heavy atom. The van der Waals surface area contributed by atoms with E-state index in [2.05, 4.69) is 55.5 Å². The van der Waals surface area contributed by atoms with Crippen molar-refractivity contribution in [3.05, 3.63) is 0 Å². The van der Waals surface area contributed by atoms with Gasteiger partial charge in [-0.1, -0.05) is 131 Å². The summed E-state index contributed by atoms with van der Waals surface area (Å²) in [5.74, 6) is 0. The van der Waals surface area contributed by atoms with Gasteiger partial charge < -0.3 is 4.48 Å². The lowest BCUT2D eigenvalue weighted by atomic mass is 9.56. The van der Waals surface area contributed by atoms with Crippen LogP contribution in [0.5, 0.6) is 0 Å². The van der Waals surface area contributed by atoms with Gasteiger partial charge in [0, 0.05) is 18.3 Å². The zero-order chi connectivity index (χ0) is 27.5. The number of unbranched alkanes of at least 4 members (excludes halogenated alkanes) is 13. The summed E-state index contributed by atoms with van der Waals surface area (Å²) >= 11 is 0. The largest absolute Gasteiger partial charge is 0.321 e. The Bertz CT molecular complexity index is 628. The van der Waals surface area contributed by atoms with Crippen molar-refractivity contribution < 1.29 is 4.48 Å². The minimum absolute atomic E-state index is 0.458. The van der Waals surface area contributed by atoms with Gasteiger partial charge in [0.15, 0.2) is 0 Å². The molecule has 0 amide bonds. The Labute approximate surface area is 235 Å². The van der Waals surface area contributed by atoms with E-state index in [0.717, 1.165) is 0 Å². The number of nitrogens with zero attached hydrogens (tertiary/aromatic N) is 1. The summed E-state index contributed by atoms with van der Waals surface area (Å²) < 4.78 is 1.35. The van der Waals surface area contributed by atoms with Crippen molar-refractivity contribution in [1.82, 2.24) is 0 Å². The molecule has 2 aliphatic rings. The van der Waals surface area contributed by atoms with Crippen molar-refractivity contribution in [3.8, 4) is 0 Å². The number of fused-ring (bicyclic) bond motifs is 2. The zero-order valence-electron chi connectivity index (χ0n) is 27.4. The Morgan fingerprint density at radius 2 is 0.919 bits per heavy atom. The molecule has 1 nitrogen and oxygen atoms in total. The van der Waals surface area contributed by atoms with E-state index in [0.29, 0.717) is 21.8 Å². The molecule has 5 unspecified atom stereocenters. The summed E-state index contributed by atoms with van der Waals surface area (Å²) in [6.07, 6.45) is 31.7. The normalized spacial score (nSPS) is 36.0. The fourth-order valence-corrected chi connectivity index (χ4v) is 9.93. The standard InChI is InChI=1S/C36H72N/c1-9-12-15-17-19-21-23-26-34(5)28-33(4,25-22-20-18-16-13-10-2)29-35(6)31-36(7,30-34)37(8,32-35)27-24-14-11-3/h9-32H2,1-8H3/q+1. The number of hydrogen-bond donors (Lipinski definition) is 0. The summed E-state index contributed by atoms with van der Waals surface area (Å²) in [5, 5.41) is 0. The van der Waals surface area contributed by atoms with Gasteiger partial charge in [0.2, 0.25) is 0 Å². The van der Waals surface area contributed by atoms with Crippen molar-refractivity contribution >= 4 is 0 Å². The molecule has 0 aromatic rings. The van der Waals surface area contributed by atoms with Gasteiger partial charge in [-0.25, -0.2) is 0 Å². The van der Waals surface area contributed by atoms with Crippen LogP contribution in [0, 0.1) is 16.2 Å². The van der Waals surface area contributed by atoms with Crippen LogP contribution >= 0.6 is 0 Å². The molecule has 220 valence electrons. The van der Waals surface area contributed by atoms with Crippen LogP contribution < -0.4 is 0 Å². The topological polar surface area (TPSA) is 0 Å². The summed E-state index contributed by atoms with van der Waals surface area (Å²) in [6.45, 7) is 20.8. The van der Waals surface area contributed by atoms with Gasteiger partial charge in [-0.3, -0.25) is 0 Å². The summed E-state index contributed by atoms with van der Waals surface area (Å²) in [6, 6.07) is 0. The van der Waals surface area contributed by atoms with E-state index in [1.54, 1.807) is 0 Å². The Balaban J connectivity index is 2.16. The summed E-state index contributed by atoms with van der Waals surface area (Å²) in [4.78, 5) is 0. The molecule has 0 aromatic carbocycles. The molecule has 0 N–H and O–H groups in total. The molecule has 1 aliphatic heterocycles. The highest BCUT2D eigenvalue weighted by molar-refractivity contribution is 5.03. The maximum absolute atomic E-state index is 2.74. The first-order chi connectivity index (χ1) is 17.5. The molecule has 2 rings (SSSR count). The Morgan fingerprint density at radius 1 is 0.486 bits per heavy atom. The van der Waals surface area contributed by atoms with Crippen molar-refractivity contribution in [2.24, 2.45) is 16.2 Å². The summed E-state index contributed by atoms with van der Waals surface area (Å²) in [7, 11) is 2.67. The number of hydrogen-bond acceptors (Lipinski definition) is 0. The number of likely N-dealkylation sites (tertiary alicyclic amines) is 1. The molecule has 1 aliphatic carbocycles. The maximum Gasteiger partial charge on any atom is 0.0974 e. The Hall–Kier alpha value is -0.0400. The second-order valence-corrected chi connectivity index (χ2v) is 16.0. The molecule has 0 radical (unpaired) electrons. The fourth-order valence-electron chi connectivity index (χ4n) is 9.93. The van der Waals surface area contributed by atoms with Crippen molar-refractivity contribution in [3.63, 3.8) is 0 Å². The van der Waals surface area contributed by atoms with E-state index in [4.69, 9.17) is 0 Å². The maximum atomic E-state index is 2.74. The predicted molar refractivity (Wildman–Crippen MR) is 167 cm³/mol. The average molecular weight is 519 g/mol. The first-order valence-electron chi connectivity index (χ1n) is 17.3. The molecule has 37 heavy (non-hydrogen) atoms. The van der Waals surface area contributed by atoms with Crippen LogP contribution in [-0.2, 0) is 0 Å². The van der Waals surface area contributed by atoms with E-state index in [-0.39, 0.29) is 0 Å². The SMILES string of the molecule is CCCCCCCCCC1(C)CC(C)(CCCCCCCC)CC2(C)CC(C)(C1)[N+](C)(CCCCC)C2. The number of rotatable bonds is 19. The van der Waals surface area contributed by atoms with Crippen LogP contribution in [0.2, 0.25) is 0 Å². The third-order valence-electron chi connectivity index (χ3n) is 11.1. The fraction of sp³-hybridized carbons (Fsp3) is 1.00. The van der Waals surface area contributed by atoms with Crippen molar-refractivity contribution in [1.29, 1.82) is 0 Å². The number of quaternary nitrogens is 1. The third-order valence-corrected chi connectivity index (χ3v) is 11.1. The quantitative estimate of drug-likeness (QED) is 0.118. The predicted octanol–water partition coefficient (Wildman–Crippen LogP) is 11.9. The third kappa shape index (κ3) is 10.1. The highest BCUT2D eigenvalue weighted by Gasteiger charge is 2.62. The van der Waals surface area contributed by atoms with Gasteiger partial charge in [-0.05, 0) is 56.3 Å². The highest BCUT2D eigenvalue weighted by atomic mass is 15.4. The van der Waals surface area contributed by atoms with Crippen molar-refractivity contribution in [2.75, 3.05) is 20.1 Å². The molecule has 1 saturated heterocycles.